The molecule has 2 aromatic heterocycles. The number of amides is 3. The number of carboxylic acids is 1. The first-order valence-corrected chi connectivity index (χ1v) is 14.3. The maximum atomic E-state index is 13.8. The second kappa shape index (κ2) is 12.0. The van der Waals surface area contributed by atoms with E-state index in [9.17, 15) is 33.1 Å². The number of benzene rings is 3. The highest BCUT2D eigenvalue weighted by molar-refractivity contribution is 6.34. The molecule has 0 bridgehead atoms. The summed E-state index contributed by atoms with van der Waals surface area (Å²) in [6, 6.07) is 13.1. The van der Waals surface area contributed by atoms with Crippen LogP contribution in [-0.2, 0) is 6.42 Å². The zero-order valence-electron chi connectivity index (χ0n) is 23.9. The summed E-state index contributed by atoms with van der Waals surface area (Å²) >= 11 is 6.19. The van der Waals surface area contributed by atoms with Gasteiger partial charge in [-0.3, -0.25) is 14.4 Å². The maximum absolute atomic E-state index is 13.8. The fourth-order valence-corrected chi connectivity index (χ4v) is 5.60. The molecular weight excluding hydrogens is 622 g/mol. The zero-order valence-corrected chi connectivity index (χ0v) is 24.7. The summed E-state index contributed by atoms with van der Waals surface area (Å²) in [6.45, 7) is 1.72. The number of hydrogen-bond donors (Lipinski definition) is 4. The van der Waals surface area contributed by atoms with Gasteiger partial charge in [0.05, 0.1) is 28.5 Å². The van der Waals surface area contributed by atoms with E-state index in [4.69, 9.17) is 11.6 Å². The Morgan fingerprint density at radius 2 is 1.72 bits per heavy atom. The molecule has 46 heavy (non-hydrogen) atoms. The molecule has 232 valence electrons. The van der Waals surface area contributed by atoms with Crippen molar-refractivity contribution in [2.45, 2.75) is 25.8 Å². The minimum absolute atomic E-state index is 0.0690. The normalized spacial score (nSPS) is 13.7. The standard InChI is InChI=1S/C32H23ClF2N6O5/c1-15-17-9-11-24(19(17)8-7-18(15)32(45)46)39-31(44)27-13-26(30(43)37-16-6-10-22(34)23(35)12-16)38-28-20(14-36-41(27)28)29(42)40-25-5-3-2-4-21(25)33/h2-8,10,12-14,24H,9,11H2,1H3,(H,37,43)(H,39,44)(H,40,42)(H,45,46)/t24-/m0/s1. The number of hydrogen-bond acceptors (Lipinski definition) is 6. The van der Waals surface area contributed by atoms with Crippen LogP contribution in [0.2, 0.25) is 5.02 Å². The molecule has 5 aromatic rings. The second-order valence-corrected chi connectivity index (χ2v) is 10.9. The lowest BCUT2D eigenvalue weighted by molar-refractivity contribution is 0.0695. The number of carboxylic acid groups (broad SMARTS) is 1. The number of carbonyl (C=O) groups is 4. The fraction of sp³-hybridized carbons (Fsp3) is 0.125. The van der Waals surface area contributed by atoms with E-state index in [-0.39, 0.29) is 38.9 Å². The van der Waals surface area contributed by atoms with Gasteiger partial charge in [-0.2, -0.15) is 5.10 Å². The number of rotatable bonds is 7. The number of aromatic carboxylic acids is 1. The molecule has 6 rings (SSSR count). The molecule has 0 saturated heterocycles. The van der Waals surface area contributed by atoms with Gasteiger partial charge in [-0.1, -0.05) is 29.8 Å². The van der Waals surface area contributed by atoms with Gasteiger partial charge in [0.1, 0.15) is 17.0 Å². The Balaban J connectivity index is 1.38. The number of aromatic nitrogens is 3. The molecule has 4 N–H and O–H groups in total. The van der Waals surface area contributed by atoms with Crippen LogP contribution in [0, 0.1) is 18.6 Å². The number of nitrogens with one attached hydrogen (secondary N) is 3. The third kappa shape index (κ3) is 5.63. The summed E-state index contributed by atoms with van der Waals surface area (Å²) in [6.07, 6.45) is 2.21. The van der Waals surface area contributed by atoms with Crippen molar-refractivity contribution >= 4 is 52.3 Å². The van der Waals surface area contributed by atoms with Gasteiger partial charge in [0.2, 0.25) is 0 Å². The van der Waals surface area contributed by atoms with E-state index in [1.807, 2.05) is 0 Å². The predicted octanol–water partition coefficient (Wildman–Crippen LogP) is 5.59. The van der Waals surface area contributed by atoms with Crippen molar-refractivity contribution in [2.24, 2.45) is 0 Å². The Kier molecular flexibility index (Phi) is 7.92. The lowest BCUT2D eigenvalue weighted by Gasteiger charge is -2.16. The van der Waals surface area contributed by atoms with Crippen LogP contribution in [0.15, 0.2) is 66.9 Å². The molecule has 14 heteroatoms. The maximum Gasteiger partial charge on any atom is 0.335 e. The van der Waals surface area contributed by atoms with E-state index < -0.39 is 41.4 Å². The van der Waals surface area contributed by atoms with Crippen molar-refractivity contribution in [3.63, 3.8) is 0 Å². The summed E-state index contributed by atoms with van der Waals surface area (Å²) in [5, 5.41) is 22.0. The smallest absolute Gasteiger partial charge is 0.335 e. The van der Waals surface area contributed by atoms with Crippen molar-refractivity contribution in [1.82, 2.24) is 19.9 Å². The van der Waals surface area contributed by atoms with Crippen molar-refractivity contribution in [3.8, 4) is 0 Å². The molecule has 1 aliphatic carbocycles. The van der Waals surface area contributed by atoms with Gasteiger partial charge in [0.25, 0.3) is 17.7 Å². The van der Waals surface area contributed by atoms with Gasteiger partial charge < -0.3 is 21.1 Å². The van der Waals surface area contributed by atoms with Gasteiger partial charge >= 0.3 is 5.97 Å². The van der Waals surface area contributed by atoms with Gasteiger partial charge in [0, 0.05) is 17.8 Å². The number of nitrogens with zero attached hydrogens (tertiary/aromatic N) is 3. The molecule has 0 unspecified atom stereocenters. The summed E-state index contributed by atoms with van der Waals surface area (Å²) in [5.74, 6) is -5.53. The first kappa shape index (κ1) is 30.3. The van der Waals surface area contributed by atoms with E-state index in [2.05, 4.69) is 26.0 Å². The van der Waals surface area contributed by atoms with E-state index >= 15 is 0 Å². The van der Waals surface area contributed by atoms with Crippen molar-refractivity contribution < 1.29 is 33.1 Å². The summed E-state index contributed by atoms with van der Waals surface area (Å²) in [5.41, 5.74) is 1.93. The molecule has 0 fully saturated rings. The van der Waals surface area contributed by atoms with Gasteiger partial charge in [-0.05, 0) is 66.8 Å². The topological polar surface area (TPSA) is 155 Å². The Bertz CT molecular complexity index is 2100. The average Bonchev–Trinajstić information content (AvgIpc) is 3.64. The molecule has 2 heterocycles. The van der Waals surface area contributed by atoms with Crippen molar-refractivity contribution in [2.75, 3.05) is 10.6 Å². The van der Waals surface area contributed by atoms with Crippen LogP contribution in [0.1, 0.15) is 70.8 Å². The van der Waals surface area contributed by atoms with Gasteiger partial charge in [-0.25, -0.2) is 23.1 Å². The number of para-hydroxylation sites is 1. The number of fused-ring (bicyclic) bond motifs is 2. The zero-order chi connectivity index (χ0) is 32.7. The van der Waals surface area contributed by atoms with Crippen LogP contribution in [-0.4, -0.2) is 43.4 Å². The Morgan fingerprint density at radius 1 is 0.935 bits per heavy atom. The Labute approximate surface area is 264 Å². The molecular formula is C32H23ClF2N6O5. The van der Waals surface area contributed by atoms with Crippen LogP contribution in [0.4, 0.5) is 20.2 Å². The fourth-order valence-electron chi connectivity index (χ4n) is 5.42. The first-order chi connectivity index (χ1) is 22.0. The van der Waals surface area contributed by atoms with Gasteiger partial charge in [-0.15, -0.1) is 0 Å². The summed E-state index contributed by atoms with van der Waals surface area (Å²) < 4.78 is 28.4. The lowest BCUT2D eigenvalue weighted by atomic mass is 9.98. The van der Waals surface area contributed by atoms with E-state index in [0.717, 1.165) is 39.9 Å². The minimum Gasteiger partial charge on any atom is -0.478 e. The largest absolute Gasteiger partial charge is 0.478 e. The van der Waals surface area contributed by atoms with Crippen LogP contribution in [0.25, 0.3) is 5.65 Å². The quantitative estimate of drug-likeness (QED) is 0.180. The summed E-state index contributed by atoms with van der Waals surface area (Å²) in [4.78, 5) is 56.3. The third-order valence-electron chi connectivity index (χ3n) is 7.71. The molecule has 3 amide bonds. The predicted molar refractivity (Wildman–Crippen MR) is 163 cm³/mol. The van der Waals surface area contributed by atoms with Gasteiger partial charge in [0.15, 0.2) is 17.3 Å². The van der Waals surface area contributed by atoms with Crippen LogP contribution < -0.4 is 16.0 Å². The summed E-state index contributed by atoms with van der Waals surface area (Å²) in [7, 11) is 0. The van der Waals surface area contributed by atoms with Crippen molar-refractivity contribution in [3.05, 3.63) is 123 Å². The molecule has 1 aliphatic rings. The first-order valence-electron chi connectivity index (χ1n) is 13.9. The Morgan fingerprint density at radius 3 is 2.46 bits per heavy atom. The minimum atomic E-state index is -1.18. The highest BCUT2D eigenvalue weighted by atomic mass is 35.5. The number of carbonyl (C=O) groups excluding carboxylic acids is 3. The van der Waals surface area contributed by atoms with Crippen LogP contribution in [0.3, 0.4) is 0 Å². The molecule has 3 aromatic carbocycles. The third-order valence-corrected chi connectivity index (χ3v) is 8.04. The molecule has 0 aliphatic heterocycles. The monoisotopic (exact) mass is 644 g/mol. The highest BCUT2D eigenvalue weighted by Crippen LogP contribution is 2.35. The van der Waals surface area contributed by atoms with Crippen LogP contribution in [0.5, 0.6) is 0 Å². The van der Waals surface area contributed by atoms with Crippen molar-refractivity contribution in [1.29, 1.82) is 0 Å². The average molecular weight is 645 g/mol. The molecule has 0 saturated carbocycles. The number of halogens is 3. The Hall–Kier alpha value is -5.69. The van der Waals surface area contributed by atoms with Crippen LogP contribution >= 0.6 is 11.6 Å². The second-order valence-electron chi connectivity index (χ2n) is 10.5. The SMILES string of the molecule is Cc1c(C(=O)O)ccc2c1CC[C@@H]2NC(=O)c1cc(C(=O)Nc2ccc(F)c(F)c2)nc2c(C(=O)Nc3ccccc3Cl)cnn12. The van der Waals surface area contributed by atoms with E-state index in [1.54, 1.807) is 37.3 Å². The molecule has 11 nitrogen and oxygen atoms in total. The highest BCUT2D eigenvalue weighted by Gasteiger charge is 2.30. The molecule has 1 atom stereocenters. The lowest BCUT2D eigenvalue weighted by Crippen LogP contribution is -2.30. The molecule has 0 spiro atoms. The number of anilines is 2. The molecule has 0 radical (unpaired) electrons. The van der Waals surface area contributed by atoms with E-state index in [0.29, 0.717) is 24.1 Å². The van der Waals surface area contributed by atoms with E-state index in [1.165, 1.54) is 12.3 Å².